The van der Waals surface area contributed by atoms with Gasteiger partial charge in [0.15, 0.2) is 0 Å². The molecule has 2 aliphatic rings. The molecule has 0 saturated carbocycles. The van der Waals surface area contributed by atoms with Crippen LogP contribution in [0.15, 0.2) is 12.1 Å². The van der Waals surface area contributed by atoms with Crippen LogP contribution < -0.4 is 9.80 Å². The highest BCUT2D eigenvalue weighted by Crippen LogP contribution is 2.36. The standard InChI is InChI=1S/C18H26ClN3O3/c1-18(2,3)14-10-13(23)11-22(17(14)24)16-9-12(19)8-15(20-16)21-4-6-25-7-5-21/h8-9,13-14,23H,4-7,10-11H2,1-3H3. The van der Waals surface area contributed by atoms with Crippen molar-refractivity contribution in [3.05, 3.63) is 17.2 Å². The molecule has 3 rings (SSSR count). The number of β-amino-alcohol motifs (C(OH)–C–C–N with tert-alkyl or cyclic N) is 1. The van der Waals surface area contributed by atoms with Crippen LogP contribution in [0, 0.1) is 11.3 Å². The maximum Gasteiger partial charge on any atom is 0.231 e. The number of piperidine rings is 1. The number of morpholine rings is 1. The first-order valence-corrected chi connectivity index (χ1v) is 9.13. The van der Waals surface area contributed by atoms with E-state index in [0.29, 0.717) is 30.5 Å². The zero-order valence-corrected chi connectivity index (χ0v) is 15.8. The Balaban J connectivity index is 1.91. The third kappa shape index (κ3) is 4.07. The zero-order chi connectivity index (χ0) is 18.2. The smallest absolute Gasteiger partial charge is 0.231 e. The molecule has 0 bridgehead atoms. The molecule has 1 N–H and O–H groups in total. The van der Waals surface area contributed by atoms with Crippen LogP contribution in [0.25, 0.3) is 0 Å². The predicted octanol–water partition coefficient (Wildman–Crippen LogP) is 2.33. The Bertz CT molecular complexity index is 641. The number of rotatable bonds is 2. The molecule has 2 unspecified atom stereocenters. The number of pyridine rings is 1. The van der Waals surface area contributed by atoms with Gasteiger partial charge in [0.2, 0.25) is 5.91 Å². The summed E-state index contributed by atoms with van der Waals surface area (Å²) in [6, 6.07) is 3.50. The van der Waals surface area contributed by atoms with E-state index >= 15 is 0 Å². The molecule has 2 atom stereocenters. The Morgan fingerprint density at radius 1 is 1.24 bits per heavy atom. The van der Waals surface area contributed by atoms with Crippen molar-refractivity contribution in [3.8, 4) is 0 Å². The van der Waals surface area contributed by atoms with Gasteiger partial charge in [0.25, 0.3) is 0 Å². The molecule has 0 spiro atoms. The molecule has 7 heteroatoms. The average Bonchev–Trinajstić information content (AvgIpc) is 2.56. The largest absolute Gasteiger partial charge is 0.391 e. The van der Waals surface area contributed by atoms with Gasteiger partial charge in [-0.25, -0.2) is 4.98 Å². The lowest BCUT2D eigenvalue weighted by Gasteiger charge is -2.40. The van der Waals surface area contributed by atoms with Crippen molar-refractivity contribution in [1.29, 1.82) is 0 Å². The quantitative estimate of drug-likeness (QED) is 0.869. The molecule has 2 aliphatic heterocycles. The second kappa shape index (κ2) is 7.09. The lowest BCUT2D eigenvalue weighted by atomic mass is 9.75. The molecular weight excluding hydrogens is 342 g/mol. The van der Waals surface area contributed by atoms with E-state index in [4.69, 9.17) is 16.3 Å². The third-order valence-corrected chi connectivity index (χ3v) is 5.10. The van der Waals surface area contributed by atoms with Gasteiger partial charge in [-0.15, -0.1) is 0 Å². The van der Waals surface area contributed by atoms with Gasteiger partial charge in [-0.2, -0.15) is 0 Å². The van der Waals surface area contributed by atoms with Crippen molar-refractivity contribution in [3.63, 3.8) is 0 Å². The first-order valence-electron chi connectivity index (χ1n) is 8.75. The molecule has 1 aromatic heterocycles. The van der Waals surface area contributed by atoms with Crippen molar-refractivity contribution in [2.75, 3.05) is 42.6 Å². The molecule has 6 nitrogen and oxygen atoms in total. The highest BCUT2D eigenvalue weighted by atomic mass is 35.5. The third-order valence-electron chi connectivity index (χ3n) is 4.89. The van der Waals surface area contributed by atoms with Crippen LogP contribution in [0.3, 0.4) is 0 Å². The summed E-state index contributed by atoms with van der Waals surface area (Å²) in [6.45, 7) is 9.11. The molecule has 3 heterocycles. The van der Waals surface area contributed by atoms with Crippen LogP contribution in [0.2, 0.25) is 5.02 Å². The Kier molecular flexibility index (Phi) is 5.23. The maximum atomic E-state index is 13.0. The second-order valence-corrected chi connectivity index (χ2v) is 8.29. The van der Waals surface area contributed by atoms with Crippen molar-refractivity contribution in [2.45, 2.75) is 33.3 Å². The van der Waals surface area contributed by atoms with E-state index < -0.39 is 6.10 Å². The highest BCUT2D eigenvalue weighted by molar-refractivity contribution is 6.31. The van der Waals surface area contributed by atoms with E-state index in [1.807, 2.05) is 26.8 Å². The molecule has 0 radical (unpaired) electrons. The number of halogens is 1. The number of aliphatic hydroxyl groups is 1. The summed E-state index contributed by atoms with van der Waals surface area (Å²) in [5.41, 5.74) is -0.220. The number of hydrogen-bond donors (Lipinski definition) is 1. The van der Waals surface area contributed by atoms with Crippen molar-refractivity contribution < 1.29 is 14.6 Å². The van der Waals surface area contributed by atoms with E-state index in [2.05, 4.69) is 9.88 Å². The van der Waals surface area contributed by atoms with E-state index in [0.717, 1.165) is 18.9 Å². The first-order chi connectivity index (χ1) is 11.8. The SMILES string of the molecule is CC(C)(C)C1CC(O)CN(c2cc(Cl)cc(N3CCOCC3)n2)C1=O. The van der Waals surface area contributed by atoms with Crippen molar-refractivity contribution in [1.82, 2.24) is 4.98 Å². The van der Waals surface area contributed by atoms with Crippen LogP contribution in [-0.2, 0) is 9.53 Å². The summed E-state index contributed by atoms with van der Waals surface area (Å²) in [7, 11) is 0. The zero-order valence-electron chi connectivity index (χ0n) is 15.0. The monoisotopic (exact) mass is 367 g/mol. The Morgan fingerprint density at radius 3 is 2.52 bits per heavy atom. The fourth-order valence-electron chi connectivity index (χ4n) is 3.43. The minimum absolute atomic E-state index is 0.000458. The van der Waals surface area contributed by atoms with Crippen LogP contribution in [0.4, 0.5) is 11.6 Å². The van der Waals surface area contributed by atoms with Gasteiger partial charge in [-0.1, -0.05) is 32.4 Å². The number of nitrogens with zero attached hydrogens (tertiary/aromatic N) is 3. The lowest BCUT2D eigenvalue weighted by Crippen LogP contribution is -2.51. The molecular formula is C18H26ClN3O3. The van der Waals surface area contributed by atoms with Gasteiger partial charge in [0.05, 0.1) is 25.9 Å². The number of aliphatic hydroxyl groups excluding tert-OH is 1. The minimum Gasteiger partial charge on any atom is -0.391 e. The van der Waals surface area contributed by atoms with E-state index in [-0.39, 0.29) is 23.8 Å². The number of anilines is 2. The van der Waals surface area contributed by atoms with Gasteiger partial charge in [-0.05, 0) is 24.0 Å². The summed E-state index contributed by atoms with van der Waals surface area (Å²) >= 11 is 6.30. The van der Waals surface area contributed by atoms with Gasteiger partial charge in [-0.3, -0.25) is 9.69 Å². The van der Waals surface area contributed by atoms with Gasteiger partial charge in [0, 0.05) is 24.0 Å². The van der Waals surface area contributed by atoms with E-state index in [9.17, 15) is 9.90 Å². The average molecular weight is 368 g/mol. The molecule has 138 valence electrons. The number of hydrogen-bond acceptors (Lipinski definition) is 5. The molecule has 1 aromatic rings. The lowest BCUT2D eigenvalue weighted by molar-refractivity contribution is -0.129. The number of carbonyl (C=O) groups is 1. The van der Waals surface area contributed by atoms with Crippen LogP contribution in [-0.4, -0.2) is 54.9 Å². The molecule has 1 amide bonds. The van der Waals surface area contributed by atoms with Crippen LogP contribution in [0.5, 0.6) is 0 Å². The number of amides is 1. The molecule has 25 heavy (non-hydrogen) atoms. The minimum atomic E-state index is -0.561. The van der Waals surface area contributed by atoms with Gasteiger partial charge >= 0.3 is 0 Å². The molecule has 2 saturated heterocycles. The summed E-state index contributed by atoms with van der Waals surface area (Å²) < 4.78 is 5.38. The Hall–Kier alpha value is -1.37. The summed E-state index contributed by atoms with van der Waals surface area (Å²) in [5.74, 6) is 1.00. The topological polar surface area (TPSA) is 65.9 Å². The summed E-state index contributed by atoms with van der Waals surface area (Å²) in [5, 5.41) is 10.8. The summed E-state index contributed by atoms with van der Waals surface area (Å²) in [4.78, 5) is 21.4. The number of aromatic nitrogens is 1. The second-order valence-electron chi connectivity index (χ2n) is 7.86. The molecule has 2 fully saturated rings. The highest BCUT2D eigenvalue weighted by Gasteiger charge is 2.41. The van der Waals surface area contributed by atoms with Crippen molar-refractivity contribution in [2.24, 2.45) is 11.3 Å². The Morgan fingerprint density at radius 2 is 1.88 bits per heavy atom. The summed E-state index contributed by atoms with van der Waals surface area (Å²) in [6.07, 6.45) is -0.0787. The van der Waals surface area contributed by atoms with E-state index in [1.165, 1.54) is 0 Å². The van der Waals surface area contributed by atoms with Crippen molar-refractivity contribution >= 4 is 29.1 Å². The van der Waals surface area contributed by atoms with Gasteiger partial charge < -0.3 is 14.7 Å². The molecule has 0 aliphatic carbocycles. The van der Waals surface area contributed by atoms with E-state index in [1.54, 1.807) is 11.0 Å². The Labute approximate surface area is 153 Å². The normalized spacial score (nSPS) is 25.4. The van der Waals surface area contributed by atoms with Crippen LogP contribution in [0.1, 0.15) is 27.2 Å². The van der Waals surface area contributed by atoms with Gasteiger partial charge in [0.1, 0.15) is 11.6 Å². The fourth-order valence-corrected chi connectivity index (χ4v) is 3.62. The maximum absolute atomic E-state index is 13.0. The number of carbonyl (C=O) groups excluding carboxylic acids is 1. The predicted molar refractivity (Wildman–Crippen MR) is 98.2 cm³/mol. The fraction of sp³-hybridized carbons (Fsp3) is 0.667. The molecule has 0 aromatic carbocycles. The number of ether oxygens (including phenoxy) is 1. The first kappa shape index (κ1) is 18.4. The van der Waals surface area contributed by atoms with Crippen LogP contribution >= 0.6 is 11.6 Å².